The van der Waals surface area contributed by atoms with Gasteiger partial charge in [-0.25, -0.2) is 4.79 Å². The summed E-state index contributed by atoms with van der Waals surface area (Å²) in [6.07, 6.45) is 4.35. The molecule has 0 radical (unpaired) electrons. The van der Waals surface area contributed by atoms with Gasteiger partial charge in [-0.2, -0.15) is 0 Å². The standard InChI is InChI=1S/C18H25NO5/c1-21-15-8-7-13(11-16(15)24-14-5-3-4-6-14)17-12-19(9-10-23-17)18(20)22-2/h7-8,11,14,17H,3-6,9-10,12H2,1-2H3. The molecule has 2 fully saturated rings. The second kappa shape index (κ2) is 7.75. The molecule has 1 aliphatic heterocycles. The van der Waals surface area contributed by atoms with Crippen LogP contribution in [0.4, 0.5) is 4.79 Å². The predicted octanol–water partition coefficient (Wildman–Crippen LogP) is 3.16. The van der Waals surface area contributed by atoms with Crippen LogP contribution in [-0.2, 0) is 9.47 Å². The van der Waals surface area contributed by atoms with Crippen molar-refractivity contribution in [3.63, 3.8) is 0 Å². The van der Waals surface area contributed by atoms with Gasteiger partial charge in [0, 0.05) is 6.54 Å². The minimum Gasteiger partial charge on any atom is -0.493 e. The van der Waals surface area contributed by atoms with E-state index in [-0.39, 0.29) is 18.3 Å². The Morgan fingerprint density at radius 1 is 1.21 bits per heavy atom. The van der Waals surface area contributed by atoms with Gasteiger partial charge in [-0.3, -0.25) is 0 Å². The van der Waals surface area contributed by atoms with E-state index < -0.39 is 0 Å². The van der Waals surface area contributed by atoms with Crippen molar-refractivity contribution in [3.05, 3.63) is 23.8 Å². The highest BCUT2D eigenvalue weighted by Gasteiger charge is 2.27. The highest BCUT2D eigenvalue weighted by molar-refractivity contribution is 5.67. The number of ether oxygens (including phenoxy) is 4. The number of carbonyl (C=O) groups excluding carboxylic acids is 1. The van der Waals surface area contributed by atoms with E-state index >= 15 is 0 Å². The number of amides is 1. The van der Waals surface area contributed by atoms with Gasteiger partial charge < -0.3 is 23.8 Å². The van der Waals surface area contributed by atoms with E-state index in [4.69, 9.17) is 18.9 Å². The molecule has 0 spiro atoms. The molecule has 1 atom stereocenters. The second-order valence-electron chi connectivity index (χ2n) is 6.21. The van der Waals surface area contributed by atoms with Gasteiger partial charge in [0.05, 0.1) is 33.5 Å². The Kier molecular flexibility index (Phi) is 5.45. The minimum atomic E-state index is -0.320. The Balaban J connectivity index is 1.76. The Bertz CT molecular complexity index is 571. The summed E-state index contributed by atoms with van der Waals surface area (Å²) in [6.45, 7) is 1.51. The van der Waals surface area contributed by atoms with Crippen LogP contribution in [0.15, 0.2) is 18.2 Å². The van der Waals surface area contributed by atoms with Crippen molar-refractivity contribution < 1.29 is 23.7 Å². The zero-order valence-electron chi connectivity index (χ0n) is 14.3. The molecule has 1 saturated heterocycles. The van der Waals surface area contributed by atoms with Gasteiger partial charge in [-0.15, -0.1) is 0 Å². The van der Waals surface area contributed by atoms with E-state index in [9.17, 15) is 4.79 Å². The Morgan fingerprint density at radius 3 is 2.71 bits per heavy atom. The normalized spacial score (nSPS) is 21.6. The number of morpholine rings is 1. The zero-order valence-corrected chi connectivity index (χ0v) is 14.3. The Morgan fingerprint density at radius 2 is 2.00 bits per heavy atom. The summed E-state index contributed by atoms with van der Waals surface area (Å²) in [5.74, 6) is 1.48. The topological polar surface area (TPSA) is 57.2 Å². The number of carbonyl (C=O) groups is 1. The third kappa shape index (κ3) is 3.75. The smallest absolute Gasteiger partial charge is 0.409 e. The monoisotopic (exact) mass is 335 g/mol. The average Bonchev–Trinajstić information content (AvgIpc) is 3.14. The van der Waals surface area contributed by atoms with E-state index in [0.29, 0.717) is 19.7 Å². The molecule has 2 aliphatic rings. The van der Waals surface area contributed by atoms with E-state index in [1.807, 2.05) is 18.2 Å². The third-order valence-corrected chi connectivity index (χ3v) is 4.65. The lowest BCUT2D eigenvalue weighted by Gasteiger charge is -2.32. The number of nitrogens with zero attached hydrogens (tertiary/aromatic N) is 1. The number of methoxy groups -OCH3 is 2. The molecule has 1 aromatic rings. The maximum absolute atomic E-state index is 11.7. The second-order valence-corrected chi connectivity index (χ2v) is 6.21. The van der Waals surface area contributed by atoms with Crippen LogP contribution >= 0.6 is 0 Å². The van der Waals surface area contributed by atoms with E-state index in [0.717, 1.165) is 29.9 Å². The first kappa shape index (κ1) is 16.9. The lowest BCUT2D eigenvalue weighted by atomic mass is 10.1. The fourth-order valence-electron chi connectivity index (χ4n) is 3.32. The molecule has 1 unspecified atom stereocenters. The predicted molar refractivity (Wildman–Crippen MR) is 88.5 cm³/mol. The van der Waals surface area contributed by atoms with Gasteiger partial charge in [0.1, 0.15) is 6.10 Å². The average molecular weight is 335 g/mol. The summed E-state index contributed by atoms with van der Waals surface area (Å²) < 4.78 is 22.2. The zero-order chi connectivity index (χ0) is 16.9. The highest BCUT2D eigenvalue weighted by Crippen LogP contribution is 2.35. The van der Waals surface area contributed by atoms with Crippen LogP contribution in [0.5, 0.6) is 11.5 Å². The first-order chi connectivity index (χ1) is 11.7. The van der Waals surface area contributed by atoms with Crippen LogP contribution in [0, 0.1) is 0 Å². The third-order valence-electron chi connectivity index (χ3n) is 4.65. The van der Waals surface area contributed by atoms with Gasteiger partial charge in [0.15, 0.2) is 11.5 Å². The number of rotatable bonds is 4. The molecule has 1 amide bonds. The molecule has 1 aromatic carbocycles. The molecule has 1 saturated carbocycles. The molecule has 24 heavy (non-hydrogen) atoms. The first-order valence-corrected chi connectivity index (χ1v) is 8.50. The van der Waals surface area contributed by atoms with Crippen LogP contribution in [0.1, 0.15) is 37.4 Å². The molecule has 1 heterocycles. The van der Waals surface area contributed by atoms with Crippen molar-refractivity contribution in [1.29, 1.82) is 0 Å². The fourth-order valence-corrected chi connectivity index (χ4v) is 3.32. The summed E-state index contributed by atoms with van der Waals surface area (Å²) >= 11 is 0. The molecule has 6 nitrogen and oxygen atoms in total. The summed E-state index contributed by atoms with van der Waals surface area (Å²) in [5, 5.41) is 0. The van der Waals surface area contributed by atoms with Crippen LogP contribution in [0.25, 0.3) is 0 Å². The van der Waals surface area contributed by atoms with E-state index in [2.05, 4.69) is 0 Å². The molecule has 6 heteroatoms. The van der Waals surface area contributed by atoms with E-state index in [1.165, 1.54) is 20.0 Å². The highest BCUT2D eigenvalue weighted by atomic mass is 16.5. The van der Waals surface area contributed by atoms with Gasteiger partial charge in [0.25, 0.3) is 0 Å². The van der Waals surface area contributed by atoms with Crippen molar-refractivity contribution in [2.45, 2.75) is 37.9 Å². The molecule has 3 rings (SSSR count). The molecular weight excluding hydrogens is 310 g/mol. The van der Waals surface area contributed by atoms with Crippen molar-refractivity contribution in [2.24, 2.45) is 0 Å². The van der Waals surface area contributed by atoms with Crippen LogP contribution < -0.4 is 9.47 Å². The lowest BCUT2D eigenvalue weighted by molar-refractivity contribution is -0.0259. The quantitative estimate of drug-likeness (QED) is 0.846. The van der Waals surface area contributed by atoms with Gasteiger partial charge in [-0.1, -0.05) is 6.07 Å². The summed E-state index contributed by atoms with van der Waals surface area (Å²) in [5.41, 5.74) is 0.984. The summed E-state index contributed by atoms with van der Waals surface area (Å²) in [6, 6.07) is 5.84. The molecule has 0 N–H and O–H groups in total. The van der Waals surface area contributed by atoms with Gasteiger partial charge in [-0.05, 0) is 43.4 Å². The number of hydrogen-bond donors (Lipinski definition) is 0. The van der Waals surface area contributed by atoms with Crippen molar-refractivity contribution >= 4 is 6.09 Å². The lowest BCUT2D eigenvalue weighted by Crippen LogP contribution is -2.42. The maximum Gasteiger partial charge on any atom is 0.409 e. The van der Waals surface area contributed by atoms with Crippen molar-refractivity contribution in [1.82, 2.24) is 4.90 Å². The van der Waals surface area contributed by atoms with Crippen molar-refractivity contribution in [3.8, 4) is 11.5 Å². The van der Waals surface area contributed by atoms with Crippen LogP contribution in [-0.4, -0.2) is 51.0 Å². The van der Waals surface area contributed by atoms with Crippen LogP contribution in [0.3, 0.4) is 0 Å². The Labute approximate surface area is 142 Å². The minimum absolute atomic E-state index is 0.185. The molecule has 132 valence electrons. The summed E-state index contributed by atoms with van der Waals surface area (Å²) in [4.78, 5) is 13.4. The SMILES string of the molecule is COC(=O)N1CCOC(c2ccc(OC)c(OC3CCCC3)c2)C1. The number of hydrogen-bond acceptors (Lipinski definition) is 5. The number of benzene rings is 1. The molecule has 0 aromatic heterocycles. The van der Waals surface area contributed by atoms with Crippen molar-refractivity contribution in [2.75, 3.05) is 33.9 Å². The molecule has 0 bridgehead atoms. The largest absolute Gasteiger partial charge is 0.493 e. The summed E-state index contributed by atoms with van der Waals surface area (Å²) in [7, 11) is 3.04. The maximum atomic E-state index is 11.7. The van der Waals surface area contributed by atoms with Gasteiger partial charge >= 0.3 is 6.09 Å². The molecule has 1 aliphatic carbocycles. The Hall–Kier alpha value is -1.95. The van der Waals surface area contributed by atoms with Crippen LogP contribution in [0.2, 0.25) is 0 Å². The fraction of sp³-hybridized carbons (Fsp3) is 0.611. The van der Waals surface area contributed by atoms with Gasteiger partial charge in [0.2, 0.25) is 0 Å². The first-order valence-electron chi connectivity index (χ1n) is 8.50. The van der Waals surface area contributed by atoms with E-state index in [1.54, 1.807) is 12.0 Å². The molecular formula is C18H25NO5.